The first-order chi connectivity index (χ1) is 14.6. The fourth-order valence-electron chi connectivity index (χ4n) is 3.19. The average Bonchev–Trinajstić information content (AvgIpc) is 3.23. The Labute approximate surface area is 174 Å². The number of anilines is 1. The van der Waals surface area contributed by atoms with E-state index in [1.165, 1.54) is 0 Å². The summed E-state index contributed by atoms with van der Waals surface area (Å²) in [5.74, 6) is 1.52. The van der Waals surface area contributed by atoms with Gasteiger partial charge in [0.25, 0.3) is 5.91 Å². The molecule has 0 atom stereocenters. The molecule has 0 bridgehead atoms. The molecular formula is C23H21N5O2. The van der Waals surface area contributed by atoms with E-state index in [1.807, 2.05) is 67.6 Å². The smallest absolute Gasteiger partial charge is 0.296 e. The second-order valence-corrected chi connectivity index (χ2v) is 6.83. The number of hydrogen-bond donors (Lipinski definition) is 2. The summed E-state index contributed by atoms with van der Waals surface area (Å²) in [6, 6.07) is 19.5. The van der Waals surface area contributed by atoms with Gasteiger partial charge >= 0.3 is 0 Å². The lowest BCUT2D eigenvalue weighted by molar-refractivity contribution is 0.101. The highest BCUT2D eigenvalue weighted by molar-refractivity contribution is 6.01. The van der Waals surface area contributed by atoms with E-state index in [1.54, 1.807) is 13.3 Å². The van der Waals surface area contributed by atoms with Crippen molar-refractivity contribution in [3.63, 3.8) is 0 Å². The van der Waals surface area contributed by atoms with Gasteiger partial charge in [-0.05, 0) is 53.4 Å². The highest BCUT2D eigenvalue weighted by atomic mass is 16.5. The Balaban J connectivity index is 1.48. The minimum absolute atomic E-state index is 0.0776. The molecule has 0 aliphatic heterocycles. The zero-order chi connectivity index (χ0) is 20.9. The van der Waals surface area contributed by atoms with Crippen LogP contribution in [0.4, 0.5) is 5.82 Å². The number of aromatic amines is 1. The van der Waals surface area contributed by atoms with E-state index in [9.17, 15) is 4.79 Å². The molecule has 4 rings (SSSR count). The van der Waals surface area contributed by atoms with Crippen molar-refractivity contribution in [2.45, 2.75) is 13.3 Å². The van der Waals surface area contributed by atoms with Gasteiger partial charge in [-0.3, -0.25) is 9.89 Å². The maximum absolute atomic E-state index is 12.6. The number of benzene rings is 2. The summed E-state index contributed by atoms with van der Waals surface area (Å²) >= 11 is 0. The third kappa shape index (κ3) is 4.35. The van der Waals surface area contributed by atoms with Gasteiger partial charge in [-0.2, -0.15) is 0 Å². The Morgan fingerprint density at radius 2 is 1.93 bits per heavy atom. The molecule has 0 unspecified atom stereocenters. The average molecular weight is 399 g/mol. The molecule has 0 saturated carbocycles. The first-order valence-electron chi connectivity index (χ1n) is 9.50. The van der Waals surface area contributed by atoms with Crippen molar-refractivity contribution in [1.82, 2.24) is 20.2 Å². The highest BCUT2D eigenvalue weighted by Gasteiger charge is 2.14. The van der Waals surface area contributed by atoms with Crippen LogP contribution in [0.5, 0.6) is 5.75 Å². The van der Waals surface area contributed by atoms with Gasteiger partial charge in [0.05, 0.1) is 7.11 Å². The highest BCUT2D eigenvalue weighted by Crippen LogP contribution is 2.27. The largest absolute Gasteiger partial charge is 0.497 e. The number of aryl methyl sites for hydroxylation is 1. The number of hydrogen-bond acceptors (Lipinski definition) is 5. The minimum atomic E-state index is -0.415. The summed E-state index contributed by atoms with van der Waals surface area (Å²) in [7, 11) is 1.64. The predicted molar refractivity (Wildman–Crippen MR) is 115 cm³/mol. The minimum Gasteiger partial charge on any atom is -0.497 e. The van der Waals surface area contributed by atoms with Crippen LogP contribution in [0.1, 0.15) is 27.6 Å². The number of pyridine rings is 1. The summed E-state index contributed by atoms with van der Waals surface area (Å²) in [5.41, 5.74) is 4.14. The van der Waals surface area contributed by atoms with Crippen LogP contribution in [0.2, 0.25) is 0 Å². The van der Waals surface area contributed by atoms with Gasteiger partial charge in [-0.1, -0.05) is 36.4 Å². The first-order valence-corrected chi connectivity index (χ1v) is 9.50. The van der Waals surface area contributed by atoms with Gasteiger partial charge in [0, 0.05) is 12.6 Å². The van der Waals surface area contributed by atoms with Crippen molar-refractivity contribution in [3.8, 4) is 16.9 Å². The Morgan fingerprint density at radius 1 is 1.10 bits per heavy atom. The number of carbonyl (C=O) groups is 1. The van der Waals surface area contributed by atoms with Crippen LogP contribution < -0.4 is 10.1 Å². The van der Waals surface area contributed by atoms with Crippen molar-refractivity contribution in [2.24, 2.45) is 0 Å². The van der Waals surface area contributed by atoms with Crippen LogP contribution in [-0.2, 0) is 6.42 Å². The van der Waals surface area contributed by atoms with Gasteiger partial charge < -0.3 is 10.1 Å². The Morgan fingerprint density at radius 3 is 2.70 bits per heavy atom. The molecule has 150 valence electrons. The lowest BCUT2D eigenvalue weighted by Gasteiger charge is -2.09. The Kier molecular flexibility index (Phi) is 5.52. The van der Waals surface area contributed by atoms with E-state index in [0.717, 1.165) is 28.0 Å². The molecule has 7 heteroatoms. The molecule has 30 heavy (non-hydrogen) atoms. The molecule has 0 aliphatic carbocycles. The molecule has 0 fully saturated rings. The quantitative estimate of drug-likeness (QED) is 0.511. The van der Waals surface area contributed by atoms with Crippen LogP contribution in [0.3, 0.4) is 0 Å². The fourth-order valence-corrected chi connectivity index (χ4v) is 3.19. The number of rotatable bonds is 6. The van der Waals surface area contributed by atoms with Crippen molar-refractivity contribution in [1.29, 1.82) is 0 Å². The molecule has 1 amide bonds. The number of ether oxygens (including phenoxy) is 1. The molecule has 4 aromatic rings. The normalized spacial score (nSPS) is 10.6. The standard InChI is InChI=1S/C23H21N5O2/c1-15-12-18(30-2)8-9-19(15)17-10-11-24-20(14-17)26-23(29)22-25-21(27-28-22)13-16-6-4-3-5-7-16/h3-12,14H,13H2,1-2H3,(H,24,26,29)(H,25,27,28). The van der Waals surface area contributed by atoms with Crippen LogP contribution in [-0.4, -0.2) is 33.2 Å². The molecule has 2 N–H and O–H groups in total. The molecule has 2 heterocycles. The molecule has 0 aliphatic rings. The number of H-pyrrole nitrogens is 1. The number of methoxy groups -OCH3 is 1. The number of aromatic nitrogens is 4. The Hall–Kier alpha value is -4.00. The molecule has 0 saturated heterocycles. The van der Waals surface area contributed by atoms with E-state index in [0.29, 0.717) is 18.1 Å². The maximum atomic E-state index is 12.6. The second-order valence-electron chi connectivity index (χ2n) is 6.83. The third-order valence-corrected chi connectivity index (χ3v) is 4.70. The molecule has 2 aromatic heterocycles. The molecular weight excluding hydrogens is 378 g/mol. The maximum Gasteiger partial charge on any atom is 0.296 e. The predicted octanol–water partition coefficient (Wildman–Crippen LogP) is 4.03. The summed E-state index contributed by atoms with van der Waals surface area (Å²) in [6.07, 6.45) is 2.24. The summed E-state index contributed by atoms with van der Waals surface area (Å²) < 4.78 is 5.26. The van der Waals surface area contributed by atoms with Crippen LogP contribution in [0.25, 0.3) is 11.1 Å². The number of amides is 1. The number of nitrogens with one attached hydrogen (secondary N) is 2. The summed E-state index contributed by atoms with van der Waals surface area (Å²) in [5, 5.41) is 9.62. The van der Waals surface area contributed by atoms with Crippen molar-refractivity contribution in [2.75, 3.05) is 12.4 Å². The molecule has 0 radical (unpaired) electrons. The third-order valence-electron chi connectivity index (χ3n) is 4.70. The van der Waals surface area contributed by atoms with Crippen molar-refractivity contribution in [3.05, 3.63) is 89.6 Å². The zero-order valence-electron chi connectivity index (χ0n) is 16.7. The topological polar surface area (TPSA) is 92.8 Å². The SMILES string of the molecule is COc1ccc(-c2ccnc(NC(=O)c3n[nH]c(Cc4ccccc4)n3)c2)c(C)c1. The van der Waals surface area contributed by atoms with Gasteiger partial charge in [-0.25, -0.2) is 9.97 Å². The Bertz CT molecular complexity index is 1170. The molecule has 7 nitrogen and oxygen atoms in total. The van der Waals surface area contributed by atoms with Gasteiger partial charge in [0.2, 0.25) is 5.82 Å². The summed E-state index contributed by atoms with van der Waals surface area (Å²) in [4.78, 5) is 21.1. The van der Waals surface area contributed by atoms with Gasteiger partial charge in [0.1, 0.15) is 17.4 Å². The van der Waals surface area contributed by atoms with Crippen LogP contribution >= 0.6 is 0 Å². The zero-order valence-corrected chi connectivity index (χ0v) is 16.7. The second kappa shape index (κ2) is 8.57. The lowest BCUT2D eigenvalue weighted by atomic mass is 10.0. The number of nitrogens with zero attached hydrogens (tertiary/aromatic N) is 3. The molecule has 0 spiro atoms. The lowest BCUT2D eigenvalue weighted by Crippen LogP contribution is -2.14. The summed E-state index contributed by atoms with van der Waals surface area (Å²) in [6.45, 7) is 2.01. The van der Waals surface area contributed by atoms with E-state index >= 15 is 0 Å². The van der Waals surface area contributed by atoms with Crippen LogP contribution in [0.15, 0.2) is 66.9 Å². The van der Waals surface area contributed by atoms with Gasteiger partial charge in [0.15, 0.2) is 0 Å². The van der Waals surface area contributed by atoms with E-state index in [2.05, 4.69) is 25.5 Å². The molecule has 2 aromatic carbocycles. The van der Waals surface area contributed by atoms with E-state index in [4.69, 9.17) is 4.74 Å². The fraction of sp³-hybridized carbons (Fsp3) is 0.130. The monoisotopic (exact) mass is 399 g/mol. The van der Waals surface area contributed by atoms with E-state index < -0.39 is 5.91 Å². The van der Waals surface area contributed by atoms with Gasteiger partial charge in [-0.15, -0.1) is 5.10 Å². The van der Waals surface area contributed by atoms with Crippen molar-refractivity contribution >= 4 is 11.7 Å². The van der Waals surface area contributed by atoms with Crippen molar-refractivity contribution < 1.29 is 9.53 Å². The van der Waals surface area contributed by atoms with Crippen LogP contribution in [0, 0.1) is 6.92 Å². The number of carbonyl (C=O) groups excluding carboxylic acids is 1. The van der Waals surface area contributed by atoms with E-state index in [-0.39, 0.29) is 5.82 Å². The first kappa shape index (κ1) is 19.3.